The van der Waals surface area contributed by atoms with Crippen molar-refractivity contribution < 1.29 is 4.52 Å². The van der Waals surface area contributed by atoms with Gasteiger partial charge in [0, 0.05) is 24.1 Å². The fourth-order valence-electron chi connectivity index (χ4n) is 2.71. The summed E-state index contributed by atoms with van der Waals surface area (Å²) in [7, 11) is 0. The first-order valence-electron chi connectivity index (χ1n) is 5.02. The molecule has 0 radical (unpaired) electrons. The molecule has 3 unspecified atom stereocenters. The Morgan fingerprint density at radius 3 is 3.00 bits per heavy atom. The van der Waals surface area contributed by atoms with Gasteiger partial charge < -0.3 is 9.84 Å². The van der Waals surface area contributed by atoms with E-state index in [9.17, 15) is 0 Å². The molecule has 0 saturated carbocycles. The monoisotopic (exact) mass is 178 g/mol. The Balaban J connectivity index is 1.87. The molecule has 0 aliphatic carbocycles. The van der Waals surface area contributed by atoms with Crippen LogP contribution in [0.2, 0.25) is 0 Å². The maximum Gasteiger partial charge on any atom is 0.133 e. The van der Waals surface area contributed by atoms with Gasteiger partial charge in [0.15, 0.2) is 0 Å². The molecule has 0 spiro atoms. The third-order valence-corrected chi connectivity index (χ3v) is 3.33. The van der Waals surface area contributed by atoms with Crippen molar-refractivity contribution in [3.8, 4) is 0 Å². The van der Waals surface area contributed by atoms with Crippen LogP contribution >= 0.6 is 0 Å². The van der Waals surface area contributed by atoms with E-state index >= 15 is 0 Å². The first-order valence-corrected chi connectivity index (χ1v) is 5.02. The zero-order valence-electron chi connectivity index (χ0n) is 7.79. The van der Waals surface area contributed by atoms with Gasteiger partial charge in [0.05, 0.1) is 5.69 Å². The molecular formula is C10H14N2O. The summed E-state index contributed by atoms with van der Waals surface area (Å²) >= 11 is 0. The molecule has 3 nitrogen and oxygen atoms in total. The largest absolute Gasteiger partial charge is 0.361 e. The minimum atomic E-state index is 0.608. The molecule has 1 N–H and O–H groups in total. The van der Waals surface area contributed by atoms with Crippen LogP contribution in [-0.4, -0.2) is 17.2 Å². The molecule has 2 fully saturated rings. The summed E-state index contributed by atoms with van der Waals surface area (Å²) in [5.41, 5.74) is 1.15. The molecule has 3 atom stereocenters. The Bertz CT molecular complexity index is 320. The maximum atomic E-state index is 5.11. The van der Waals surface area contributed by atoms with Gasteiger partial charge in [0.2, 0.25) is 0 Å². The van der Waals surface area contributed by atoms with E-state index in [4.69, 9.17) is 4.52 Å². The summed E-state index contributed by atoms with van der Waals surface area (Å²) in [6.45, 7) is 1.96. The average Bonchev–Trinajstić information content (AvgIpc) is 2.77. The summed E-state index contributed by atoms with van der Waals surface area (Å²) in [5.74, 6) is 1.54. The molecule has 0 aromatic carbocycles. The first kappa shape index (κ1) is 7.56. The minimum Gasteiger partial charge on any atom is -0.361 e. The predicted molar refractivity (Wildman–Crippen MR) is 48.5 cm³/mol. The van der Waals surface area contributed by atoms with Gasteiger partial charge in [-0.1, -0.05) is 5.16 Å². The van der Waals surface area contributed by atoms with Gasteiger partial charge in [-0.05, 0) is 26.2 Å². The zero-order valence-corrected chi connectivity index (χ0v) is 7.79. The molecule has 2 aliphatic heterocycles. The van der Waals surface area contributed by atoms with E-state index < -0.39 is 0 Å². The van der Waals surface area contributed by atoms with E-state index in [-0.39, 0.29) is 0 Å². The molecule has 13 heavy (non-hydrogen) atoms. The highest BCUT2D eigenvalue weighted by Gasteiger charge is 2.40. The Labute approximate surface area is 77.5 Å². The third-order valence-electron chi connectivity index (χ3n) is 3.33. The molecule has 1 aromatic rings. The van der Waals surface area contributed by atoms with Gasteiger partial charge in [0.25, 0.3) is 0 Å². The number of aromatic nitrogens is 1. The Morgan fingerprint density at radius 2 is 2.46 bits per heavy atom. The lowest BCUT2D eigenvalue weighted by Gasteiger charge is -2.16. The van der Waals surface area contributed by atoms with E-state index in [1.165, 1.54) is 19.3 Å². The smallest absolute Gasteiger partial charge is 0.133 e. The van der Waals surface area contributed by atoms with Gasteiger partial charge in [-0.15, -0.1) is 0 Å². The number of aryl methyl sites for hydroxylation is 1. The van der Waals surface area contributed by atoms with Crippen LogP contribution < -0.4 is 5.32 Å². The van der Waals surface area contributed by atoms with Crippen LogP contribution in [0, 0.1) is 6.92 Å². The lowest BCUT2D eigenvalue weighted by molar-refractivity contribution is 0.376. The SMILES string of the molecule is Cc1cc(C2CC3CCC2N3)no1. The number of nitrogens with zero attached hydrogens (tertiary/aromatic N) is 1. The van der Waals surface area contributed by atoms with E-state index in [1.54, 1.807) is 0 Å². The quantitative estimate of drug-likeness (QED) is 0.709. The molecule has 0 amide bonds. The Kier molecular flexibility index (Phi) is 1.50. The van der Waals surface area contributed by atoms with Crippen molar-refractivity contribution in [3.63, 3.8) is 0 Å². The molecule has 2 aliphatic rings. The predicted octanol–water partition coefficient (Wildman–Crippen LogP) is 1.59. The van der Waals surface area contributed by atoms with Crippen LogP contribution in [0.5, 0.6) is 0 Å². The molecule has 2 saturated heterocycles. The first-order chi connectivity index (χ1) is 6.33. The van der Waals surface area contributed by atoms with Crippen molar-refractivity contribution >= 4 is 0 Å². The summed E-state index contributed by atoms with van der Waals surface area (Å²) in [6.07, 6.45) is 3.90. The van der Waals surface area contributed by atoms with Gasteiger partial charge in [0.1, 0.15) is 5.76 Å². The van der Waals surface area contributed by atoms with Gasteiger partial charge >= 0.3 is 0 Å². The van der Waals surface area contributed by atoms with Crippen molar-refractivity contribution in [2.75, 3.05) is 0 Å². The highest BCUT2D eigenvalue weighted by Crippen LogP contribution is 2.39. The molecule has 3 heterocycles. The second kappa shape index (κ2) is 2.58. The van der Waals surface area contributed by atoms with Crippen LogP contribution in [-0.2, 0) is 0 Å². The molecular weight excluding hydrogens is 164 g/mol. The average molecular weight is 178 g/mol. The van der Waals surface area contributed by atoms with Crippen LogP contribution in [0.3, 0.4) is 0 Å². The Morgan fingerprint density at radius 1 is 1.54 bits per heavy atom. The van der Waals surface area contributed by atoms with Crippen molar-refractivity contribution in [3.05, 3.63) is 17.5 Å². The molecule has 70 valence electrons. The van der Waals surface area contributed by atoms with E-state index in [1.807, 2.05) is 6.92 Å². The van der Waals surface area contributed by atoms with Gasteiger partial charge in [-0.25, -0.2) is 0 Å². The normalized spacial score (nSPS) is 37.2. The zero-order chi connectivity index (χ0) is 8.84. The topological polar surface area (TPSA) is 38.1 Å². The Hall–Kier alpha value is -0.830. The fraction of sp³-hybridized carbons (Fsp3) is 0.700. The number of fused-ring (bicyclic) bond motifs is 2. The lowest BCUT2D eigenvalue weighted by atomic mass is 9.87. The van der Waals surface area contributed by atoms with Crippen molar-refractivity contribution in [2.24, 2.45) is 0 Å². The van der Waals surface area contributed by atoms with Crippen molar-refractivity contribution in [1.82, 2.24) is 10.5 Å². The van der Waals surface area contributed by atoms with Gasteiger partial charge in [-0.3, -0.25) is 0 Å². The fourth-order valence-corrected chi connectivity index (χ4v) is 2.71. The third kappa shape index (κ3) is 1.10. The molecule has 1 aromatic heterocycles. The van der Waals surface area contributed by atoms with Crippen LogP contribution in [0.15, 0.2) is 10.6 Å². The number of nitrogens with one attached hydrogen (secondary N) is 1. The minimum absolute atomic E-state index is 0.608. The summed E-state index contributed by atoms with van der Waals surface area (Å²) in [4.78, 5) is 0. The number of hydrogen-bond acceptors (Lipinski definition) is 3. The molecule has 2 bridgehead atoms. The standard InChI is InChI=1S/C10H14N2O/c1-6-4-10(12-13-6)8-5-7-2-3-9(8)11-7/h4,7-9,11H,2-3,5H2,1H3. The second-order valence-corrected chi connectivity index (χ2v) is 4.25. The van der Waals surface area contributed by atoms with Crippen LogP contribution in [0.25, 0.3) is 0 Å². The highest BCUT2D eigenvalue weighted by atomic mass is 16.5. The van der Waals surface area contributed by atoms with E-state index in [0.29, 0.717) is 12.0 Å². The van der Waals surface area contributed by atoms with Crippen LogP contribution in [0.4, 0.5) is 0 Å². The van der Waals surface area contributed by atoms with Gasteiger partial charge in [-0.2, -0.15) is 0 Å². The summed E-state index contributed by atoms with van der Waals surface area (Å²) in [5, 5.41) is 7.71. The van der Waals surface area contributed by atoms with E-state index in [2.05, 4.69) is 16.5 Å². The maximum absolute atomic E-state index is 5.11. The lowest BCUT2D eigenvalue weighted by Crippen LogP contribution is -2.21. The summed E-state index contributed by atoms with van der Waals surface area (Å²) < 4.78 is 5.11. The van der Waals surface area contributed by atoms with E-state index in [0.717, 1.165) is 17.5 Å². The second-order valence-electron chi connectivity index (χ2n) is 4.25. The molecule has 3 rings (SSSR count). The number of hydrogen-bond donors (Lipinski definition) is 1. The van der Waals surface area contributed by atoms with Crippen LogP contribution in [0.1, 0.15) is 36.6 Å². The molecule has 3 heteroatoms. The highest BCUT2D eigenvalue weighted by molar-refractivity contribution is 5.17. The number of rotatable bonds is 1. The van der Waals surface area contributed by atoms with Crippen molar-refractivity contribution in [2.45, 2.75) is 44.2 Å². The van der Waals surface area contributed by atoms with Crippen molar-refractivity contribution in [1.29, 1.82) is 0 Å². The summed E-state index contributed by atoms with van der Waals surface area (Å²) in [6, 6.07) is 3.48.